The van der Waals surface area contributed by atoms with E-state index in [4.69, 9.17) is 20.9 Å². The van der Waals surface area contributed by atoms with Gasteiger partial charge >= 0.3 is 7.12 Å². The summed E-state index contributed by atoms with van der Waals surface area (Å²) in [6.07, 6.45) is 0. The fourth-order valence-corrected chi connectivity index (χ4v) is 2.79. The normalized spacial score (nSPS) is 18.4. The Hall–Kier alpha value is -1.80. The first-order chi connectivity index (χ1) is 11.2. The predicted octanol–water partition coefficient (Wildman–Crippen LogP) is 4.18. The van der Waals surface area contributed by atoms with Crippen molar-refractivity contribution in [1.82, 2.24) is 0 Å². The Kier molecular flexibility index (Phi) is 4.21. The van der Waals surface area contributed by atoms with E-state index in [9.17, 15) is 5.26 Å². The summed E-state index contributed by atoms with van der Waals surface area (Å²) < 4.78 is 12.1. The van der Waals surface area contributed by atoms with Crippen LogP contribution in [0.1, 0.15) is 33.3 Å². The van der Waals surface area contributed by atoms with Gasteiger partial charge < -0.3 is 9.31 Å². The van der Waals surface area contributed by atoms with Gasteiger partial charge in [-0.1, -0.05) is 35.9 Å². The van der Waals surface area contributed by atoms with Gasteiger partial charge in [-0.15, -0.1) is 0 Å². The molecular formula is C19H19BClNO2. The van der Waals surface area contributed by atoms with Gasteiger partial charge in [-0.3, -0.25) is 0 Å². The molecule has 0 aromatic heterocycles. The number of rotatable bonds is 2. The molecule has 3 nitrogen and oxygen atoms in total. The molecule has 122 valence electrons. The van der Waals surface area contributed by atoms with Crippen LogP contribution in [-0.2, 0) is 9.31 Å². The topological polar surface area (TPSA) is 42.2 Å². The number of nitrogens with zero attached hydrogens (tertiary/aromatic N) is 1. The van der Waals surface area contributed by atoms with Crippen molar-refractivity contribution < 1.29 is 9.31 Å². The first kappa shape index (κ1) is 17.0. The zero-order chi connectivity index (χ0) is 17.5. The van der Waals surface area contributed by atoms with Crippen LogP contribution in [0.5, 0.6) is 0 Å². The van der Waals surface area contributed by atoms with Crippen molar-refractivity contribution in [3.63, 3.8) is 0 Å². The quantitative estimate of drug-likeness (QED) is 0.771. The van der Waals surface area contributed by atoms with E-state index >= 15 is 0 Å². The zero-order valence-electron chi connectivity index (χ0n) is 14.3. The van der Waals surface area contributed by atoms with E-state index in [1.807, 2.05) is 70.2 Å². The van der Waals surface area contributed by atoms with Gasteiger partial charge in [-0.2, -0.15) is 5.26 Å². The van der Waals surface area contributed by atoms with Crippen LogP contribution >= 0.6 is 11.6 Å². The maximum absolute atomic E-state index is 9.55. The molecule has 0 aliphatic carbocycles. The average Bonchev–Trinajstić information content (AvgIpc) is 2.76. The smallest absolute Gasteiger partial charge is 0.399 e. The molecule has 0 saturated carbocycles. The summed E-state index contributed by atoms with van der Waals surface area (Å²) in [4.78, 5) is 0. The molecule has 1 fully saturated rings. The highest BCUT2D eigenvalue weighted by Gasteiger charge is 2.51. The van der Waals surface area contributed by atoms with E-state index in [0.29, 0.717) is 10.6 Å². The maximum Gasteiger partial charge on any atom is 0.494 e. The van der Waals surface area contributed by atoms with Gasteiger partial charge in [-0.05, 0) is 62.5 Å². The van der Waals surface area contributed by atoms with Crippen molar-refractivity contribution in [3.8, 4) is 17.2 Å². The van der Waals surface area contributed by atoms with Crippen LogP contribution in [0.15, 0.2) is 42.5 Å². The largest absolute Gasteiger partial charge is 0.494 e. The van der Waals surface area contributed by atoms with Crippen molar-refractivity contribution in [1.29, 1.82) is 5.26 Å². The molecule has 0 spiro atoms. The third-order valence-corrected chi connectivity index (χ3v) is 5.10. The fraction of sp³-hybridized carbons (Fsp3) is 0.316. The molecule has 5 heteroatoms. The lowest BCUT2D eigenvalue weighted by molar-refractivity contribution is 0.00578. The van der Waals surface area contributed by atoms with Gasteiger partial charge in [0.25, 0.3) is 0 Å². The Morgan fingerprint density at radius 2 is 1.54 bits per heavy atom. The Morgan fingerprint density at radius 1 is 0.958 bits per heavy atom. The van der Waals surface area contributed by atoms with E-state index in [2.05, 4.69) is 6.07 Å². The number of benzene rings is 2. The zero-order valence-corrected chi connectivity index (χ0v) is 15.0. The lowest BCUT2D eigenvalue weighted by Gasteiger charge is -2.32. The fourth-order valence-electron chi connectivity index (χ4n) is 2.66. The lowest BCUT2D eigenvalue weighted by atomic mass is 9.77. The molecule has 0 bridgehead atoms. The van der Waals surface area contributed by atoms with Crippen LogP contribution in [0.2, 0.25) is 5.02 Å². The van der Waals surface area contributed by atoms with Gasteiger partial charge in [0.05, 0.1) is 22.8 Å². The van der Waals surface area contributed by atoms with Crippen LogP contribution in [0, 0.1) is 11.3 Å². The summed E-state index contributed by atoms with van der Waals surface area (Å²) in [6, 6.07) is 15.5. The molecule has 0 radical (unpaired) electrons. The molecule has 0 N–H and O–H groups in total. The molecule has 2 aromatic rings. The second-order valence-electron chi connectivity index (χ2n) is 7.01. The van der Waals surface area contributed by atoms with E-state index in [1.165, 1.54) is 0 Å². The van der Waals surface area contributed by atoms with E-state index in [1.54, 1.807) is 0 Å². The SMILES string of the molecule is CC1(C)OB(c2ccc(-c3ccc(Cl)cc3)c(C#N)c2)OC1(C)C. The highest BCUT2D eigenvalue weighted by atomic mass is 35.5. The number of hydrogen-bond donors (Lipinski definition) is 0. The molecule has 0 unspecified atom stereocenters. The first-order valence-corrected chi connectivity index (χ1v) is 8.27. The average molecular weight is 340 g/mol. The summed E-state index contributed by atoms with van der Waals surface area (Å²) in [5.41, 5.74) is 2.46. The van der Waals surface area contributed by atoms with E-state index in [0.717, 1.165) is 16.6 Å². The van der Waals surface area contributed by atoms with Crippen molar-refractivity contribution >= 4 is 24.2 Å². The Bertz CT molecular complexity index is 793. The minimum atomic E-state index is -0.471. The van der Waals surface area contributed by atoms with Gasteiger partial charge in [0.2, 0.25) is 0 Å². The standard InChI is InChI=1S/C19H19BClNO2/c1-18(2)19(3,4)24-20(23-18)15-7-10-17(14(11-15)12-22)13-5-8-16(21)9-6-13/h5-11H,1-4H3. The van der Waals surface area contributed by atoms with Crippen LogP contribution in [0.25, 0.3) is 11.1 Å². The molecule has 3 rings (SSSR count). The molecule has 1 heterocycles. The van der Waals surface area contributed by atoms with E-state index < -0.39 is 18.3 Å². The van der Waals surface area contributed by atoms with Crippen LogP contribution in [0.4, 0.5) is 0 Å². The van der Waals surface area contributed by atoms with Crippen LogP contribution < -0.4 is 5.46 Å². The highest BCUT2D eigenvalue weighted by Crippen LogP contribution is 2.36. The molecule has 2 aromatic carbocycles. The van der Waals surface area contributed by atoms with Gasteiger partial charge in [0.15, 0.2) is 0 Å². The van der Waals surface area contributed by atoms with E-state index in [-0.39, 0.29) is 0 Å². The van der Waals surface area contributed by atoms with Gasteiger partial charge in [0.1, 0.15) is 0 Å². The third-order valence-electron chi connectivity index (χ3n) is 4.84. The molecule has 24 heavy (non-hydrogen) atoms. The molecular weight excluding hydrogens is 320 g/mol. The summed E-state index contributed by atoms with van der Waals surface area (Å²) in [5.74, 6) is 0. The van der Waals surface area contributed by atoms with Crippen molar-refractivity contribution in [2.24, 2.45) is 0 Å². The molecule has 0 atom stereocenters. The van der Waals surface area contributed by atoms with Crippen molar-refractivity contribution in [3.05, 3.63) is 53.1 Å². The Labute approximate surface area is 148 Å². The van der Waals surface area contributed by atoms with Gasteiger partial charge in [0, 0.05) is 5.02 Å². The molecule has 1 saturated heterocycles. The second kappa shape index (κ2) is 5.93. The predicted molar refractivity (Wildman–Crippen MR) is 97.3 cm³/mol. The van der Waals surface area contributed by atoms with Gasteiger partial charge in [-0.25, -0.2) is 0 Å². The Balaban J connectivity index is 1.96. The lowest BCUT2D eigenvalue weighted by Crippen LogP contribution is -2.41. The highest BCUT2D eigenvalue weighted by molar-refractivity contribution is 6.62. The minimum Gasteiger partial charge on any atom is -0.399 e. The summed E-state index contributed by atoms with van der Waals surface area (Å²) >= 11 is 5.94. The number of halogens is 1. The second-order valence-corrected chi connectivity index (χ2v) is 7.45. The monoisotopic (exact) mass is 339 g/mol. The minimum absolute atomic E-state index is 0.403. The van der Waals surface area contributed by atoms with Crippen LogP contribution in [-0.4, -0.2) is 18.3 Å². The Morgan fingerprint density at radius 3 is 2.08 bits per heavy atom. The molecule has 0 amide bonds. The van der Waals surface area contributed by atoms with Crippen molar-refractivity contribution in [2.45, 2.75) is 38.9 Å². The maximum atomic E-state index is 9.55. The third kappa shape index (κ3) is 2.96. The summed E-state index contributed by atoms with van der Waals surface area (Å²) in [5, 5.41) is 10.2. The molecule has 1 aliphatic heterocycles. The number of hydrogen-bond acceptors (Lipinski definition) is 3. The van der Waals surface area contributed by atoms with Crippen LogP contribution in [0.3, 0.4) is 0 Å². The number of nitriles is 1. The summed E-state index contributed by atoms with van der Waals surface area (Å²) in [7, 11) is -0.471. The summed E-state index contributed by atoms with van der Waals surface area (Å²) in [6.45, 7) is 8.06. The van der Waals surface area contributed by atoms with Crippen molar-refractivity contribution in [2.75, 3.05) is 0 Å². The first-order valence-electron chi connectivity index (χ1n) is 7.89. The molecule has 1 aliphatic rings.